The molecule has 3 aromatic rings. The van der Waals surface area contributed by atoms with Crippen LogP contribution in [0.15, 0.2) is 59.5 Å². The number of nitrogens with one attached hydrogen (secondary N) is 1. The Morgan fingerprint density at radius 3 is 2.37 bits per heavy atom. The van der Waals surface area contributed by atoms with Gasteiger partial charge in [-0.2, -0.15) is 5.10 Å². The Labute approximate surface area is 159 Å². The third-order valence-corrected chi connectivity index (χ3v) is 5.68. The molecule has 0 saturated carbocycles. The number of rotatable bonds is 7. The SMILES string of the molecule is COc1ccc(S(=O)(=O)NCc2cccc(Cn3nc(C)cc3C)c2)cc1. The molecule has 0 fully saturated rings. The van der Waals surface area contributed by atoms with Crippen LogP contribution >= 0.6 is 0 Å². The number of ether oxygens (including phenoxy) is 1. The zero-order valence-corrected chi connectivity index (χ0v) is 16.5. The highest BCUT2D eigenvalue weighted by atomic mass is 32.2. The third-order valence-electron chi connectivity index (χ3n) is 4.26. The monoisotopic (exact) mass is 385 g/mol. The second-order valence-electron chi connectivity index (χ2n) is 6.40. The zero-order chi connectivity index (χ0) is 19.4. The maximum atomic E-state index is 12.5. The van der Waals surface area contributed by atoms with E-state index in [1.54, 1.807) is 19.2 Å². The number of benzene rings is 2. The molecule has 7 heteroatoms. The van der Waals surface area contributed by atoms with E-state index in [1.165, 1.54) is 12.1 Å². The summed E-state index contributed by atoms with van der Waals surface area (Å²) >= 11 is 0. The summed E-state index contributed by atoms with van der Waals surface area (Å²) in [7, 11) is -2.04. The first-order valence-electron chi connectivity index (χ1n) is 8.60. The van der Waals surface area contributed by atoms with E-state index >= 15 is 0 Å². The molecule has 0 saturated heterocycles. The Morgan fingerprint density at radius 2 is 1.74 bits per heavy atom. The molecule has 0 aliphatic carbocycles. The van der Waals surface area contributed by atoms with Gasteiger partial charge in [-0.05, 0) is 55.3 Å². The highest BCUT2D eigenvalue weighted by Gasteiger charge is 2.14. The fourth-order valence-corrected chi connectivity index (χ4v) is 3.88. The summed E-state index contributed by atoms with van der Waals surface area (Å²) in [4.78, 5) is 0.210. The molecule has 0 bridgehead atoms. The lowest BCUT2D eigenvalue weighted by atomic mass is 10.1. The number of hydrogen-bond acceptors (Lipinski definition) is 4. The van der Waals surface area contributed by atoms with E-state index in [0.29, 0.717) is 12.3 Å². The summed E-state index contributed by atoms with van der Waals surface area (Å²) < 4.78 is 34.6. The van der Waals surface area contributed by atoms with Crippen LogP contribution in [0.2, 0.25) is 0 Å². The molecule has 1 N–H and O–H groups in total. The summed E-state index contributed by atoms with van der Waals surface area (Å²) in [6, 6.07) is 16.2. The Bertz CT molecular complexity index is 1020. The third kappa shape index (κ3) is 4.75. The van der Waals surface area contributed by atoms with Crippen LogP contribution in [0, 0.1) is 13.8 Å². The predicted molar refractivity (Wildman–Crippen MR) is 104 cm³/mol. The standard InChI is InChI=1S/C20H23N3O3S/c1-15-11-16(2)23(22-15)14-18-6-4-5-17(12-18)13-21-27(24,25)20-9-7-19(26-3)8-10-20/h4-12,21H,13-14H2,1-3H3. The summed E-state index contributed by atoms with van der Waals surface area (Å²) in [5.74, 6) is 0.616. The van der Waals surface area contributed by atoms with Crippen LogP contribution < -0.4 is 9.46 Å². The van der Waals surface area contributed by atoms with Crippen LogP contribution in [0.1, 0.15) is 22.5 Å². The molecule has 2 aromatic carbocycles. The molecule has 0 radical (unpaired) electrons. The van der Waals surface area contributed by atoms with Gasteiger partial charge in [0.2, 0.25) is 10.0 Å². The second-order valence-corrected chi connectivity index (χ2v) is 8.17. The predicted octanol–water partition coefficient (Wildman–Crippen LogP) is 3.04. The van der Waals surface area contributed by atoms with Crippen molar-refractivity contribution in [2.75, 3.05) is 7.11 Å². The summed E-state index contributed by atoms with van der Waals surface area (Å²) in [5, 5.41) is 4.47. The van der Waals surface area contributed by atoms with E-state index in [2.05, 4.69) is 9.82 Å². The van der Waals surface area contributed by atoms with Crippen molar-refractivity contribution in [3.8, 4) is 5.75 Å². The van der Waals surface area contributed by atoms with Gasteiger partial charge in [0.05, 0.1) is 24.2 Å². The van der Waals surface area contributed by atoms with Crippen molar-refractivity contribution < 1.29 is 13.2 Å². The lowest BCUT2D eigenvalue weighted by Gasteiger charge is -2.10. The minimum Gasteiger partial charge on any atom is -0.497 e. The van der Waals surface area contributed by atoms with Gasteiger partial charge in [-0.3, -0.25) is 4.68 Å². The van der Waals surface area contributed by atoms with Crippen molar-refractivity contribution in [1.29, 1.82) is 0 Å². The molecular weight excluding hydrogens is 362 g/mol. The summed E-state index contributed by atoms with van der Waals surface area (Å²) in [6.07, 6.45) is 0. The Morgan fingerprint density at radius 1 is 1.04 bits per heavy atom. The molecule has 0 spiro atoms. The molecule has 0 aliphatic heterocycles. The lowest BCUT2D eigenvalue weighted by Crippen LogP contribution is -2.23. The maximum absolute atomic E-state index is 12.5. The smallest absolute Gasteiger partial charge is 0.240 e. The Kier molecular flexibility index (Phi) is 5.62. The average molecular weight is 385 g/mol. The number of hydrogen-bond donors (Lipinski definition) is 1. The number of aromatic nitrogens is 2. The van der Waals surface area contributed by atoms with Crippen LogP contribution in [0.5, 0.6) is 5.75 Å². The van der Waals surface area contributed by atoms with Crippen molar-refractivity contribution in [1.82, 2.24) is 14.5 Å². The number of nitrogens with zero attached hydrogens (tertiary/aromatic N) is 2. The Balaban J connectivity index is 1.69. The minimum atomic E-state index is -3.58. The van der Waals surface area contributed by atoms with Crippen LogP contribution in [-0.2, 0) is 23.1 Å². The van der Waals surface area contributed by atoms with Crippen molar-refractivity contribution in [3.63, 3.8) is 0 Å². The van der Waals surface area contributed by atoms with Crippen molar-refractivity contribution in [2.45, 2.75) is 31.8 Å². The molecule has 3 rings (SSSR count). The molecule has 142 valence electrons. The van der Waals surface area contributed by atoms with Crippen LogP contribution in [-0.4, -0.2) is 25.3 Å². The molecule has 6 nitrogen and oxygen atoms in total. The van der Waals surface area contributed by atoms with Crippen molar-refractivity contribution in [2.24, 2.45) is 0 Å². The second kappa shape index (κ2) is 7.94. The van der Waals surface area contributed by atoms with Gasteiger partial charge in [0.1, 0.15) is 5.75 Å². The quantitative estimate of drug-likeness (QED) is 0.678. The van der Waals surface area contributed by atoms with Crippen LogP contribution in [0.25, 0.3) is 0 Å². The fraction of sp³-hybridized carbons (Fsp3) is 0.250. The number of methoxy groups -OCH3 is 1. The van der Waals surface area contributed by atoms with E-state index in [1.807, 2.05) is 48.9 Å². The van der Waals surface area contributed by atoms with Crippen molar-refractivity contribution in [3.05, 3.63) is 77.1 Å². The van der Waals surface area contributed by atoms with Crippen LogP contribution in [0.4, 0.5) is 0 Å². The summed E-state index contributed by atoms with van der Waals surface area (Å²) in [6.45, 7) is 4.86. The normalized spacial score (nSPS) is 11.5. The van der Waals surface area contributed by atoms with E-state index < -0.39 is 10.0 Å². The first-order chi connectivity index (χ1) is 12.9. The van der Waals surface area contributed by atoms with Gasteiger partial charge in [0, 0.05) is 12.2 Å². The highest BCUT2D eigenvalue weighted by molar-refractivity contribution is 7.89. The topological polar surface area (TPSA) is 73.2 Å². The zero-order valence-electron chi connectivity index (χ0n) is 15.6. The molecule has 27 heavy (non-hydrogen) atoms. The van der Waals surface area contributed by atoms with Gasteiger partial charge >= 0.3 is 0 Å². The summed E-state index contributed by atoms with van der Waals surface area (Å²) in [5.41, 5.74) is 4.04. The van der Waals surface area contributed by atoms with Gasteiger partial charge in [0.25, 0.3) is 0 Å². The van der Waals surface area contributed by atoms with Gasteiger partial charge in [-0.25, -0.2) is 13.1 Å². The lowest BCUT2D eigenvalue weighted by molar-refractivity contribution is 0.414. The van der Waals surface area contributed by atoms with Gasteiger partial charge in [-0.15, -0.1) is 0 Å². The van der Waals surface area contributed by atoms with Gasteiger partial charge in [0.15, 0.2) is 0 Å². The fourth-order valence-electron chi connectivity index (χ4n) is 2.86. The van der Waals surface area contributed by atoms with E-state index in [0.717, 1.165) is 22.5 Å². The molecule has 1 aromatic heterocycles. The Hall–Kier alpha value is -2.64. The maximum Gasteiger partial charge on any atom is 0.240 e. The average Bonchev–Trinajstić information content (AvgIpc) is 2.97. The molecule has 1 heterocycles. The first kappa shape index (κ1) is 19.1. The highest BCUT2D eigenvalue weighted by Crippen LogP contribution is 2.16. The van der Waals surface area contributed by atoms with Crippen molar-refractivity contribution >= 4 is 10.0 Å². The first-order valence-corrected chi connectivity index (χ1v) is 10.1. The molecule has 0 atom stereocenters. The number of aryl methyl sites for hydroxylation is 2. The number of sulfonamides is 1. The van der Waals surface area contributed by atoms with Crippen LogP contribution in [0.3, 0.4) is 0 Å². The molecule has 0 unspecified atom stereocenters. The van der Waals surface area contributed by atoms with Gasteiger partial charge in [-0.1, -0.05) is 24.3 Å². The molecule has 0 aliphatic rings. The van der Waals surface area contributed by atoms with E-state index in [4.69, 9.17) is 4.74 Å². The molecular formula is C20H23N3O3S. The minimum absolute atomic E-state index is 0.210. The molecule has 0 amide bonds. The van der Waals surface area contributed by atoms with E-state index in [-0.39, 0.29) is 11.4 Å². The van der Waals surface area contributed by atoms with Gasteiger partial charge < -0.3 is 4.74 Å². The van der Waals surface area contributed by atoms with E-state index in [9.17, 15) is 8.42 Å². The largest absolute Gasteiger partial charge is 0.497 e.